The second-order valence-corrected chi connectivity index (χ2v) is 5.80. The van der Waals surface area contributed by atoms with Crippen molar-refractivity contribution >= 4 is 11.3 Å². The van der Waals surface area contributed by atoms with Gasteiger partial charge in [-0.25, -0.2) is 0 Å². The van der Waals surface area contributed by atoms with Gasteiger partial charge in [0.15, 0.2) is 0 Å². The Morgan fingerprint density at radius 1 is 1.27 bits per heavy atom. The lowest BCUT2D eigenvalue weighted by Gasteiger charge is -2.26. The zero-order valence-electron chi connectivity index (χ0n) is 9.04. The standard InChI is InChI=1S/C12H18N2S/c1-2-10(1)12-4-3-11(15-12)9-14-7-5-13-6-8-14/h3-4,10,13H,1-2,5-9H2. The van der Waals surface area contributed by atoms with Crippen LogP contribution in [0.5, 0.6) is 0 Å². The normalized spacial score (nSPS) is 23.2. The van der Waals surface area contributed by atoms with E-state index in [0.29, 0.717) is 0 Å². The maximum Gasteiger partial charge on any atom is 0.0329 e. The third-order valence-corrected chi connectivity index (χ3v) is 4.48. The van der Waals surface area contributed by atoms with Gasteiger partial charge < -0.3 is 5.32 Å². The van der Waals surface area contributed by atoms with Gasteiger partial charge in [0.25, 0.3) is 0 Å². The van der Waals surface area contributed by atoms with Gasteiger partial charge in [-0.1, -0.05) is 0 Å². The smallest absolute Gasteiger partial charge is 0.0329 e. The fourth-order valence-electron chi connectivity index (χ4n) is 2.16. The van der Waals surface area contributed by atoms with Crippen molar-refractivity contribution in [2.45, 2.75) is 25.3 Å². The molecule has 0 amide bonds. The summed E-state index contributed by atoms with van der Waals surface area (Å²) < 4.78 is 0. The SMILES string of the molecule is c1cc(C2CC2)sc1CN1CCNCC1. The van der Waals surface area contributed by atoms with Crippen LogP contribution in [-0.2, 0) is 6.54 Å². The quantitative estimate of drug-likeness (QED) is 0.842. The zero-order valence-corrected chi connectivity index (χ0v) is 9.85. The minimum atomic E-state index is 0.923. The van der Waals surface area contributed by atoms with Gasteiger partial charge in [0.2, 0.25) is 0 Å². The van der Waals surface area contributed by atoms with Gasteiger partial charge >= 0.3 is 0 Å². The number of nitrogens with zero attached hydrogens (tertiary/aromatic N) is 1. The highest BCUT2D eigenvalue weighted by Crippen LogP contribution is 2.43. The average molecular weight is 222 g/mol. The fraction of sp³-hybridized carbons (Fsp3) is 0.667. The van der Waals surface area contributed by atoms with Crippen molar-refractivity contribution in [1.29, 1.82) is 0 Å². The van der Waals surface area contributed by atoms with Crippen molar-refractivity contribution in [1.82, 2.24) is 10.2 Å². The van der Waals surface area contributed by atoms with E-state index < -0.39 is 0 Å². The van der Waals surface area contributed by atoms with Crippen LogP contribution in [-0.4, -0.2) is 31.1 Å². The van der Waals surface area contributed by atoms with Crippen molar-refractivity contribution in [2.75, 3.05) is 26.2 Å². The fourth-order valence-corrected chi connectivity index (χ4v) is 3.38. The van der Waals surface area contributed by atoms with Crippen molar-refractivity contribution < 1.29 is 0 Å². The Labute approximate surface area is 95.3 Å². The van der Waals surface area contributed by atoms with Gasteiger partial charge in [-0.2, -0.15) is 0 Å². The molecule has 1 aliphatic heterocycles. The van der Waals surface area contributed by atoms with Crippen LogP contribution in [0.3, 0.4) is 0 Å². The number of hydrogen-bond acceptors (Lipinski definition) is 3. The monoisotopic (exact) mass is 222 g/mol. The van der Waals surface area contributed by atoms with E-state index >= 15 is 0 Å². The largest absolute Gasteiger partial charge is 0.314 e. The molecule has 82 valence electrons. The van der Waals surface area contributed by atoms with E-state index in [1.807, 2.05) is 11.3 Å². The average Bonchev–Trinajstić information content (AvgIpc) is 3.02. The first kappa shape index (κ1) is 9.82. The molecule has 2 aliphatic rings. The minimum absolute atomic E-state index is 0.923. The van der Waals surface area contributed by atoms with Gasteiger partial charge in [-0.05, 0) is 30.9 Å². The van der Waals surface area contributed by atoms with Crippen molar-refractivity contribution in [3.05, 3.63) is 21.9 Å². The topological polar surface area (TPSA) is 15.3 Å². The highest BCUT2D eigenvalue weighted by Gasteiger charge is 2.25. The van der Waals surface area contributed by atoms with E-state index in [2.05, 4.69) is 22.3 Å². The first-order valence-electron chi connectivity index (χ1n) is 5.93. The molecule has 0 aromatic carbocycles. The van der Waals surface area contributed by atoms with Gasteiger partial charge in [-0.3, -0.25) is 4.90 Å². The molecule has 0 unspecified atom stereocenters. The predicted octanol–water partition coefficient (Wildman–Crippen LogP) is 2.03. The van der Waals surface area contributed by atoms with Crippen LogP contribution in [0.4, 0.5) is 0 Å². The Hall–Kier alpha value is -0.380. The molecule has 3 heteroatoms. The minimum Gasteiger partial charge on any atom is -0.314 e. The number of rotatable bonds is 3. The molecule has 1 saturated heterocycles. The van der Waals surface area contributed by atoms with Gasteiger partial charge in [-0.15, -0.1) is 11.3 Å². The van der Waals surface area contributed by atoms with Crippen molar-refractivity contribution in [3.8, 4) is 0 Å². The number of nitrogens with one attached hydrogen (secondary N) is 1. The summed E-state index contributed by atoms with van der Waals surface area (Å²) in [6.45, 7) is 5.88. The molecular formula is C12H18N2S. The predicted molar refractivity (Wildman–Crippen MR) is 64.4 cm³/mol. The van der Waals surface area contributed by atoms with Crippen molar-refractivity contribution in [3.63, 3.8) is 0 Å². The molecule has 15 heavy (non-hydrogen) atoms. The van der Waals surface area contributed by atoms with Crippen LogP contribution >= 0.6 is 11.3 Å². The van der Waals surface area contributed by atoms with E-state index in [1.54, 1.807) is 9.75 Å². The molecule has 2 heterocycles. The molecule has 1 aromatic rings. The highest BCUT2D eigenvalue weighted by molar-refractivity contribution is 7.12. The molecular weight excluding hydrogens is 204 g/mol. The Morgan fingerprint density at radius 2 is 2.07 bits per heavy atom. The summed E-state index contributed by atoms with van der Waals surface area (Å²) in [5.74, 6) is 0.923. The Kier molecular flexibility index (Phi) is 2.77. The lowest BCUT2D eigenvalue weighted by atomic mass is 10.3. The second kappa shape index (κ2) is 4.24. The molecule has 0 spiro atoms. The third-order valence-electron chi connectivity index (χ3n) is 3.25. The molecule has 1 saturated carbocycles. The van der Waals surface area contributed by atoms with Crippen LogP contribution in [0.15, 0.2) is 12.1 Å². The molecule has 3 rings (SSSR count). The molecule has 1 aromatic heterocycles. The summed E-state index contributed by atoms with van der Waals surface area (Å²) in [6, 6.07) is 4.68. The number of hydrogen-bond donors (Lipinski definition) is 1. The summed E-state index contributed by atoms with van der Waals surface area (Å²) >= 11 is 2.04. The summed E-state index contributed by atoms with van der Waals surface area (Å²) in [5, 5.41) is 3.40. The number of thiophene rings is 1. The van der Waals surface area contributed by atoms with Gasteiger partial charge in [0, 0.05) is 42.5 Å². The van der Waals surface area contributed by atoms with Crippen LogP contribution < -0.4 is 5.32 Å². The van der Waals surface area contributed by atoms with Gasteiger partial charge in [0.1, 0.15) is 0 Å². The maximum absolute atomic E-state index is 3.40. The molecule has 2 fully saturated rings. The molecule has 2 nitrogen and oxygen atoms in total. The van der Waals surface area contributed by atoms with Crippen LogP contribution in [0, 0.1) is 0 Å². The third kappa shape index (κ3) is 2.41. The van der Waals surface area contributed by atoms with E-state index in [4.69, 9.17) is 0 Å². The van der Waals surface area contributed by atoms with Crippen molar-refractivity contribution in [2.24, 2.45) is 0 Å². The molecule has 0 bridgehead atoms. The molecule has 1 aliphatic carbocycles. The maximum atomic E-state index is 3.40. The van der Waals surface area contributed by atoms with Crippen LogP contribution in [0.1, 0.15) is 28.5 Å². The second-order valence-electron chi connectivity index (χ2n) is 4.60. The zero-order chi connectivity index (χ0) is 10.1. The van der Waals surface area contributed by atoms with Crippen LogP contribution in [0.25, 0.3) is 0 Å². The van der Waals surface area contributed by atoms with Crippen LogP contribution in [0.2, 0.25) is 0 Å². The van der Waals surface area contributed by atoms with E-state index in [9.17, 15) is 0 Å². The first-order chi connectivity index (χ1) is 7.42. The lowest BCUT2D eigenvalue weighted by molar-refractivity contribution is 0.235. The van der Waals surface area contributed by atoms with E-state index in [-0.39, 0.29) is 0 Å². The summed E-state index contributed by atoms with van der Waals surface area (Å²) in [5.41, 5.74) is 0. The van der Waals surface area contributed by atoms with Gasteiger partial charge in [0.05, 0.1) is 0 Å². The molecule has 1 N–H and O–H groups in total. The highest BCUT2D eigenvalue weighted by atomic mass is 32.1. The summed E-state index contributed by atoms with van der Waals surface area (Å²) in [6.07, 6.45) is 2.85. The van der Waals surface area contributed by atoms with E-state index in [1.165, 1.54) is 32.5 Å². The number of piperazine rings is 1. The summed E-state index contributed by atoms with van der Waals surface area (Å²) in [7, 11) is 0. The van der Waals surface area contributed by atoms with E-state index in [0.717, 1.165) is 19.0 Å². The Morgan fingerprint density at radius 3 is 2.80 bits per heavy atom. The summed E-state index contributed by atoms with van der Waals surface area (Å²) in [4.78, 5) is 5.73. The molecule has 0 radical (unpaired) electrons. The Balaban J connectivity index is 1.60. The first-order valence-corrected chi connectivity index (χ1v) is 6.75. The Bertz CT molecular complexity index is 324. The molecule has 0 atom stereocenters. The lowest BCUT2D eigenvalue weighted by Crippen LogP contribution is -2.42.